The van der Waals surface area contributed by atoms with Crippen molar-refractivity contribution in [2.75, 3.05) is 13.2 Å². The molecule has 0 heterocycles. The maximum Gasteiger partial charge on any atom is 0.180 e. The number of aldehydes is 2. The van der Waals surface area contributed by atoms with Gasteiger partial charge >= 0.3 is 0 Å². The molecule has 0 aliphatic carbocycles. The number of carbonyl (C=O) groups is 2. The van der Waals surface area contributed by atoms with E-state index < -0.39 is 0 Å². The maximum atomic E-state index is 10.3. The molecule has 0 saturated heterocycles. The lowest BCUT2D eigenvalue weighted by Crippen LogP contribution is -2.24. The van der Waals surface area contributed by atoms with E-state index in [0.717, 1.165) is 38.3 Å². The quantitative estimate of drug-likeness (QED) is 0.0407. The van der Waals surface area contributed by atoms with E-state index in [1.165, 1.54) is 89.9 Å². The van der Waals surface area contributed by atoms with Crippen molar-refractivity contribution in [1.82, 2.24) is 0 Å². The first-order valence-corrected chi connectivity index (χ1v) is 15.4. The summed E-state index contributed by atoms with van der Waals surface area (Å²) in [6.45, 7) is 5.17. The topological polar surface area (TPSA) is 61.8 Å². The molecule has 0 aliphatic heterocycles. The van der Waals surface area contributed by atoms with Crippen molar-refractivity contribution in [3.05, 3.63) is 24.3 Å². The molecule has 5 nitrogen and oxygen atoms in total. The third-order valence-corrected chi connectivity index (χ3v) is 6.40. The van der Waals surface area contributed by atoms with E-state index in [1.807, 2.05) is 26.0 Å². The Balaban J connectivity index is 4.00. The molecule has 0 fully saturated rings. The molecule has 0 bridgehead atoms. The zero-order chi connectivity index (χ0) is 27.1. The number of ether oxygens (including phenoxy) is 3. The average Bonchev–Trinajstić information content (AvgIpc) is 2.90. The second-order valence-electron chi connectivity index (χ2n) is 9.78. The van der Waals surface area contributed by atoms with Crippen LogP contribution >= 0.6 is 0 Å². The van der Waals surface area contributed by atoms with E-state index in [-0.39, 0.29) is 12.6 Å². The van der Waals surface area contributed by atoms with E-state index in [0.29, 0.717) is 26.1 Å². The van der Waals surface area contributed by atoms with Gasteiger partial charge in [-0.05, 0) is 64.5 Å². The lowest BCUT2D eigenvalue weighted by atomic mass is 10.1. The molecule has 0 aromatic heterocycles. The Morgan fingerprint density at radius 1 is 0.459 bits per heavy atom. The second kappa shape index (κ2) is 30.9. The van der Waals surface area contributed by atoms with E-state index in [9.17, 15) is 9.59 Å². The minimum atomic E-state index is -0.385. The molecule has 0 aliphatic rings. The molecule has 0 saturated carbocycles. The lowest BCUT2D eigenvalue weighted by Gasteiger charge is -2.20. The Morgan fingerprint density at radius 2 is 0.757 bits per heavy atom. The summed E-state index contributed by atoms with van der Waals surface area (Å²) in [6.07, 6.45) is 32.8. The van der Waals surface area contributed by atoms with Crippen molar-refractivity contribution >= 4 is 12.6 Å². The van der Waals surface area contributed by atoms with Gasteiger partial charge in [-0.3, -0.25) is 0 Å². The van der Waals surface area contributed by atoms with Gasteiger partial charge in [0.15, 0.2) is 12.6 Å². The van der Waals surface area contributed by atoms with E-state index in [2.05, 4.69) is 12.2 Å². The summed E-state index contributed by atoms with van der Waals surface area (Å²) in [6, 6.07) is 0. The Kier molecular flexibility index (Phi) is 29.8. The van der Waals surface area contributed by atoms with Crippen molar-refractivity contribution in [3.8, 4) is 0 Å². The molecule has 2 unspecified atom stereocenters. The molecular weight excluding hydrogens is 464 g/mol. The van der Waals surface area contributed by atoms with Crippen molar-refractivity contribution in [2.24, 2.45) is 0 Å². The first kappa shape index (κ1) is 35.7. The predicted octanol–water partition coefficient (Wildman–Crippen LogP) is 9.04. The zero-order valence-corrected chi connectivity index (χ0v) is 24.2. The number of rotatable bonds is 30. The molecule has 0 aromatic rings. The van der Waals surface area contributed by atoms with Crippen molar-refractivity contribution in [3.63, 3.8) is 0 Å². The van der Waals surface area contributed by atoms with Crippen LogP contribution in [0.3, 0.4) is 0 Å². The molecule has 37 heavy (non-hydrogen) atoms. The van der Waals surface area contributed by atoms with Crippen LogP contribution in [0.5, 0.6) is 0 Å². The van der Waals surface area contributed by atoms with Gasteiger partial charge in [-0.1, -0.05) is 89.2 Å². The molecule has 0 spiro atoms. The summed E-state index contributed by atoms with van der Waals surface area (Å²) < 4.78 is 17.6. The van der Waals surface area contributed by atoms with E-state index in [1.54, 1.807) is 0 Å². The molecule has 2 atom stereocenters. The van der Waals surface area contributed by atoms with Crippen LogP contribution in [0.2, 0.25) is 0 Å². The Bertz CT molecular complexity index is 485. The normalized spacial score (nSPS) is 13.5. The van der Waals surface area contributed by atoms with Crippen LogP contribution in [0.1, 0.15) is 142 Å². The molecule has 0 rings (SSSR count). The van der Waals surface area contributed by atoms with Crippen molar-refractivity contribution in [1.29, 1.82) is 0 Å². The highest BCUT2D eigenvalue weighted by molar-refractivity contribution is 5.49. The largest absolute Gasteiger partial charge is 0.349 e. The summed E-state index contributed by atoms with van der Waals surface area (Å²) >= 11 is 0. The summed E-state index contributed by atoms with van der Waals surface area (Å²) in [5, 5.41) is 0. The van der Waals surface area contributed by atoms with E-state index >= 15 is 0 Å². The third kappa shape index (κ3) is 27.5. The highest BCUT2D eigenvalue weighted by atomic mass is 16.8. The Hall–Kier alpha value is -1.30. The van der Waals surface area contributed by atoms with Gasteiger partial charge in [0.1, 0.15) is 12.6 Å². The second-order valence-corrected chi connectivity index (χ2v) is 9.78. The van der Waals surface area contributed by atoms with Crippen LogP contribution in [0.15, 0.2) is 24.3 Å². The SMILES string of the molecule is CCOC(C=CCCCCCCCCCCC=O)OC(C=CCCCCCCCCCCC=O)OCC. The smallest absolute Gasteiger partial charge is 0.180 e. The molecule has 216 valence electrons. The highest BCUT2D eigenvalue weighted by Gasteiger charge is 2.12. The third-order valence-electron chi connectivity index (χ3n) is 6.40. The fraction of sp³-hybridized carbons (Fsp3) is 0.812. The minimum Gasteiger partial charge on any atom is -0.349 e. The number of allylic oxidation sites excluding steroid dienone is 2. The predicted molar refractivity (Wildman–Crippen MR) is 155 cm³/mol. The van der Waals surface area contributed by atoms with Gasteiger partial charge in [0, 0.05) is 26.1 Å². The monoisotopic (exact) mass is 522 g/mol. The molecule has 0 radical (unpaired) electrons. The lowest BCUT2D eigenvalue weighted by molar-refractivity contribution is -0.204. The molecular formula is C32H58O5. The summed E-state index contributed by atoms with van der Waals surface area (Å²) in [4.78, 5) is 20.6. The fourth-order valence-electron chi connectivity index (χ4n) is 4.26. The van der Waals surface area contributed by atoms with E-state index in [4.69, 9.17) is 14.2 Å². The molecule has 0 N–H and O–H groups in total. The van der Waals surface area contributed by atoms with Gasteiger partial charge < -0.3 is 23.8 Å². The number of hydrogen-bond donors (Lipinski definition) is 0. The summed E-state index contributed by atoms with van der Waals surface area (Å²) in [5.74, 6) is 0. The van der Waals surface area contributed by atoms with Crippen LogP contribution in [0.25, 0.3) is 0 Å². The van der Waals surface area contributed by atoms with Crippen molar-refractivity contribution < 1.29 is 23.8 Å². The molecule has 5 heteroatoms. The van der Waals surface area contributed by atoms with Crippen LogP contribution < -0.4 is 0 Å². The van der Waals surface area contributed by atoms with Crippen molar-refractivity contribution in [2.45, 2.75) is 155 Å². The van der Waals surface area contributed by atoms with Gasteiger partial charge in [-0.15, -0.1) is 0 Å². The van der Waals surface area contributed by atoms with Crippen LogP contribution in [-0.2, 0) is 23.8 Å². The van der Waals surface area contributed by atoms with Crippen LogP contribution in [-0.4, -0.2) is 38.4 Å². The molecule has 0 amide bonds. The number of unbranched alkanes of at least 4 members (excludes halogenated alkanes) is 18. The van der Waals surface area contributed by atoms with Gasteiger partial charge in [0.25, 0.3) is 0 Å². The van der Waals surface area contributed by atoms with Gasteiger partial charge in [-0.2, -0.15) is 0 Å². The van der Waals surface area contributed by atoms with Crippen LogP contribution in [0.4, 0.5) is 0 Å². The maximum absolute atomic E-state index is 10.3. The van der Waals surface area contributed by atoms with Gasteiger partial charge in [0.05, 0.1) is 0 Å². The Labute approximate surface area is 228 Å². The number of carbonyl (C=O) groups excluding carboxylic acids is 2. The van der Waals surface area contributed by atoms with Gasteiger partial charge in [-0.25, -0.2) is 0 Å². The highest BCUT2D eigenvalue weighted by Crippen LogP contribution is 2.13. The number of hydrogen-bond acceptors (Lipinski definition) is 5. The minimum absolute atomic E-state index is 0.385. The zero-order valence-electron chi connectivity index (χ0n) is 24.2. The fourth-order valence-corrected chi connectivity index (χ4v) is 4.26. The van der Waals surface area contributed by atoms with Gasteiger partial charge in [0.2, 0.25) is 0 Å². The first-order valence-electron chi connectivity index (χ1n) is 15.4. The summed E-state index contributed by atoms with van der Waals surface area (Å²) in [7, 11) is 0. The Morgan fingerprint density at radius 3 is 1.05 bits per heavy atom. The van der Waals surface area contributed by atoms with Crippen LogP contribution in [0, 0.1) is 0 Å². The standard InChI is InChI=1S/C32H58O5/c1-3-35-31(27-23-19-15-11-7-5-9-13-17-21-25-29-33)37-32(36-4-2)28-24-20-16-12-8-6-10-14-18-22-26-30-34/h23-24,27-32H,3-22,25-26H2,1-2H3. The molecule has 0 aromatic carbocycles. The first-order chi connectivity index (χ1) is 18.3. The summed E-state index contributed by atoms with van der Waals surface area (Å²) in [5.41, 5.74) is 0. The average molecular weight is 523 g/mol.